The molecule has 0 spiro atoms. The van der Waals surface area contributed by atoms with Gasteiger partial charge in [0.1, 0.15) is 0 Å². The highest BCUT2D eigenvalue weighted by atomic mass is 35.5. The summed E-state index contributed by atoms with van der Waals surface area (Å²) in [6, 6.07) is 7.65. The van der Waals surface area contributed by atoms with E-state index in [1.54, 1.807) is 0 Å². The summed E-state index contributed by atoms with van der Waals surface area (Å²) in [7, 11) is 1.14. The van der Waals surface area contributed by atoms with Crippen molar-refractivity contribution in [3.05, 3.63) is 29.3 Å². The van der Waals surface area contributed by atoms with Crippen LogP contribution in [0.2, 0.25) is 5.02 Å². The standard InChI is InChI=1S/C15H20ClFN4O2/c1-23-14(22)13(17)10-19-15(18)21-8-6-20(7-9-21)12-4-2-11(16)3-5-12/h2-5,13H,6-10H2,1H3,(H2,18,19). The maximum Gasteiger partial charge on any atom is 0.342 e. The minimum absolute atomic E-state index is 0.243. The number of alkyl halides is 1. The Morgan fingerprint density at radius 1 is 1.35 bits per heavy atom. The number of esters is 1. The number of ether oxygens (including phenoxy) is 1. The largest absolute Gasteiger partial charge is 0.467 e. The van der Waals surface area contributed by atoms with Crippen molar-refractivity contribution >= 4 is 29.2 Å². The third kappa shape index (κ3) is 4.72. The average molecular weight is 343 g/mol. The number of aliphatic imine (C=N–C) groups is 1. The highest BCUT2D eigenvalue weighted by Gasteiger charge is 2.20. The fourth-order valence-corrected chi connectivity index (χ4v) is 2.45. The average Bonchev–Trinajstić information content (AvgIpc) is 2.59. The van der Waals surface area contributed by atoms with Crippen LogP contribution in [0.5, 0.6) is 0 Å². The number of hydrogen-bond donors (Lipinski definition) is 1. The summed E-state index contributed by atoms with van der Waals surface area (Å²) >= 11 is 5.89. The molecule has 1 aliphatic rings. The van der Waals surface area contributed by atoms with E-state index in [9.17, 15) is 9.18 Å². The molecule has 1 saturated heterocycles. The molecule has 0 bridgehead atoms. The second kappa shape index (κ2) is 8.01. The summed E-state index contributed by atoms with van der Waals surface area (Å²) in [5.41, 5.74) is 6.96. The maximum atomic E-state index is 13.4. The van der Waals surface area contributed by atoms with E-state index in [0.29, 0.717) is 18.1 Å². The topological polar surface area (TPSA) is 71.2 Å². The van der Waals surface area contributed by atoms with Gasteiger partial charge in [0.05, 0.1) is 13.7 Å². The second-order valence-electron chi connectivity index (χ2n) is 5.14. The van der Waals surface area contributed by atoms with Crippen LogP contribution >= 0.6 is 11.6 Å². The predicted octanol–water partition coefficient (Wildman–Crippen LogP) is 1.29. The molecular formula is C15H20ClFN4O2. The first-order chi connectivity index (χ1) is 11.0. The van der Waals surface area contributed by atoms with Crippen LogP contribution in [0, 0.1) is 0 Å². The van der Waals surface area contributed by atoms with Gasteiger partial charge in [0, 0.05) is 36.9 Å². The summed E-state index contributed by atoms with van der Waals surface area (Å²) in [4.78, 5) is 19.0. The Hall–Kier alpha value is -2.02. The number of halogens is 2. The number of methoxy groups -OCH3 is 1. The van der Waals surface area contributed by atoms with E-state index in [1.165, 1.54) is 0 Å². The number of benzene rings is 1. The fraction of sp³-hybridized carbons (Fsp3) is 0.467. The summed E-state index contributed by atoms with van der Waals surface area (Å²) in [6.07, 6.45) is -1.78. The van der Waals surface area contributed by atoms with Crippen LogP contribution in [0.4, 0.5) is 10.1 Å². The monoisotopic (exact) mass is 342 g/mol. The van der Waals surface area contributed by atoms with Crippen LogP contribution < -0.4 is 10.6 Å². The van der Waals surface area contributed by atoms with Crippen molar-refractivity contribution in [3.8, 4) is 0 Å². The number of carbonyl (C=O) groups excluding carboxylic acids is 1. The smallest absolute Gasteiger partial charge is 0.342 e. The summed E-state index contributed by atoms with van der Waals surface area (Å²) in [5.74, 6) is -0.693. The molecule has 0 radical (unpaired) electrons. The molecule has 1 unspecified atom stereocenters. The van der Waals surface area contributed by atoms with E-state index in [0.717, 1.165) is 25.9 Å². The van der Waals surface area contributed by atoms with Gasteiger partial charge in [-0.15, -0.1) is 0 Å². The Morgan fingerprint density at radius 2 is 1.96 bits per heavy atom. The molecule has 1 atom stereocenters. The molecule has 1 aromatic rings. The maximum absolute atomic E-state index is 13.4. The van der Waals surface area contributed by atoms with Gasteiger partial charge < -0.3 is 20.3 Å². The Morgan fingerprint density at radius 3 is 2.52 bits per heavy atom. The van der Waals surface area contributed by atoms with Crippen molar-refractivity contribution in [2.24, 2.45) is 10.7 Å². The predicted molar refractivity (Wildman–Crippen MR) is 88.6 cm³/mol. The molecule has 0 aromatic heterocycles. The molecular weight excluding hydrogens is 323 g/mol. The molecule has 126 valence electrons. The number of anilines is 1. The normalized spacial score (nSPS) is 17.1. The van der Waals surface area contributed by atoms with Crippen molar-refractivity contribution < 1.29 is 13.9 Å². The van der Waals surface area contributed by atoms with Crippen LogP contribution in [-0.2, 0) is 9.53 Å². The van der Waals surface area contributed by atoms with Crippen LogP contribution in [0.1, 0.15) is 0 Å². The van der Waals surface area contributed by atoms with Crippen LogP contribution in [0.25, 0.3) is 0 Å². The van der Waals surface area contributed by atoms with E-state index in [2.05, 4.69) is 14.6 Å². The molecule has 0 amide bonds. The lowest BCUT2D eigenvalue weighted by Crippen LogP contribution is -2.51. The number of nitrogens with zero attached hydrogens (tertiary/aromatic N) is 3. The Labute approximate surface area is 139 Å². The molecule has 6 nitrogen and oxygen atoms in total. The number of hydrogen-bond acceptors (Lipinski definition) is 4. The van der Waals surface area contributed by atoms with Crippen molar-refractivity contribution in [2.45, 2.75) is 6.17 Å². The first-order valence-corrected chi connectivity index (χ1v) is 7.66. The van der Waals surface area contributed by atoms with Crippen LogP contribution in [-0.4, -0.2) is 62.8 Å². The van der Waals surface area contributed by atoms with E-state index in [1.807, 2.05) is 29.2 Å². The van der Waals surface area contributed by atoms with E-state index < -0.39 is 12.1 Å². The van der Waals surface area contributed by atoms with Gasteiger partial charge in [-0.25, -0.2) is 14.2 Å². The summed E-state index contributed by atoms with van der Waals surface area (Å²) in [6.45, 7) is 2.57. The van der Waals surface area contributed by atoms with Crippen molar-refractivity contribution in [1.82, 2.24) is 4.90 Å². The molecule has 8 heteroatoms. The third-order valence-electron chi connectivity index (χ3n) is 3.67. The van der Waals surface area contributed by atoms with Crippen molar-refractivity contribution in [3.63, 3.8) is 0 Å². The number of piperazine rings is 1. The molecule has 1 fully saturated rings. The highest BCUT2D eigenvalue weighted by Crippen LogP contribution is 2.19. The van der Waals surface area contributed by atoms with Gasteiger partial charge in [0.15, 0.2) is 5.96 Å². The first-order valence-electron chi connectivity index (χ1n) is 7.28. The lowest BCUT2D eigenvalue weighted by atomic mass is 10.2. The lowest BCUT2D eigenvalue weighted by Gasteiger charge is -2.36. The number of nitrogens with two attached hydrogens (primary N) is 1. The number of carbonyl (C=O) groups is 1. The zero-order valence-electron chi connectivity index (χ0n) is 12.9. The van der Waals surface area contributed by atoms with Gasteiger partial charge in [-0.05, 0) is 24.3 Å². The van der Waals surface area contributed by atoms with Crippen LogP contribution in [0.3, 0.4) is 0 Å². The summed E-state index contributed by atoms with van der Waals surface area (Å²) < 4.78 is 17.7. The molecule has 1 aliphatic heterocycles. The zero-order valence-corrected chi connectivity index (χ0v) is 13.7. The first kappa shape index (κ1) is 17.3. The molecule has 0 aliphatic carbocycles. The van der Waals surface area contributed by atoms with Gasteiger partial charge >= 0.3 is 5.97 Å². The highest BCUT2D eigenvalue weighted by molar-refractivity contribution is 6.30. The molecule has 0 saturated carbocycles. The van der Waals surface area contributed by atoms with Crippen molar-refractivity contribution in [2.75, 3.05) is 44.7 Å². The van der Waals surface area contributed by atoms with Crippen molar-refractivity contribution in [1.29, 1.82) is 0 Å². The van der Waals surface area contributed by atoms with E-state index in [4.69, 9.17) is 17.3 Å². The minimum Gasteiger partial charge on any atom is -0.467 e. The van der Waals surface area contributed by atoms with Crippen LogP contribution in [0.15, 0.2) is 29.3 Å². The Kier molecular flexibility index (Phi) is 6.04. The number of guanidine groups is 1. The van der Waals surface area contributed by atoms with Gasteiger partial charge in [-0.3, -0.25) is 0 Å². The van der Waals surface area contributed by atoms with E-state index in [-0.39, 0.29) is 12.5 Å². The van der Waals surface area contributed by atoms with Gasteiger partial charge in [0.2, 0.25) is 6.17 Å². The number of rotatable bonds is 4. The molecule has 2 rings (SSSR count). The van der Waals surface area contributed by atoms with Gasteiger partial charge in [-0.1, -0.05) is 11.6 Å². The molecule has 23 heavy (non-hydrogen) atoms. The molecule has 1 aromatic carbocycles. The molecule has 1 heterocycles. The van der Waals surface area contributed by atoms with E-state index >= 15 is 0 Å². The Bertz CT molecular complexity index is 559. The minimum atomic E-state index is -1.78. The van der Waals surface area contributed by atoms with Gasteiger partial charge in [0.25, 0.3) is 0 Å². The lowest BCUT2D eigenvalue weighted by molar-refractivity contribution is -0.146. The van der Waals surface area contributed by atoms with Gasteiger partial charge in [-0.2, -0.15) is 0 Å². The SMILES string of the molecule is COC(=O)C(F)CN=C(N)N1CCN(c2ccc(Cl)cc2)CC1. The quantitative estimate of drug-likeness (QED) is 0.507. The summed E-state index contributed by atoms with van der Waals surface area (Å²) in [5, 5.41) is 0.704. The Balaban J connectivity index is 1.85. The molecule has 2 N–H and O–H groups in total. The third-order valence-corrected chi connectivity index (χ3v) is 3.92. The fourth-order valence-electron chi connectivity index (χ4n) is 2.32. The zero-order chi connectivity index (χ0) is 16.8. The second-order valence-corrected chi connectivity index (χ2v) is 5.58.